The molecule has 0 spiro atoms. The molecule has 1 aromatic carbocycles. The molecule has 0 aliphatic rings. The van der Waals surface area contributed by atoms with E-state index in [2.05, 4.69) is 31.2 Å². The van der Waals surface area contributed by atoms with Gasteiger partial charge in [0.2, 0.25) is 0 Å². The van der Waals surface area contributed by atoms with Gasteiger partial charge in [-0.25, -0.2) is 0 Å². The fraction of sp³-hybridized carbons (Fsp3) is 0.400. The van der Waals surface area contributed by atoms with Crippen molar-refractivity contribution in [1.82, 2.24) is 0 Å². The summed E-state index contributed by atoms with van der Waals surface area (Å²) in [4.78, 5) is 1.34. The highest BCUT2D eigenvalue weighted by molar-refractivity contribution is 7.99. The highest BCUT2D eigenvalue weighted by Gasteiger charge is 1.99. The molecule has 1 rings (SSSR count). The van der Waals surface area contributed by atoms with E-state index >= 15 is 0 Å². The Kier molecular flexibility index (Phi) is 3.63. The average molecular weight is 181 g/mol. The lowest BCUT2D eigenvalue weighted by Gasteiger charge is -2.06. The number of hydrogen-bond acceptors (Lipinski definition) is 2. The monoisotopic (exact) mass is 181 g/mol. The Balaban J connectivity index is 2.57. The normalized spacial score (nSPS) is 12.9. The van der Waals surface area contributed by atoms with Gasteiger partial charge in [-0.3, -0.25) is 0 Å². The second-order valence-electron chi connectivity index (χ2n) is 3.05. The third-order valence-corrected chi connectivity index (χ3v) is 3.06. The molecule has 0 saturated heterocycles. The van der Waals surface area contributed by atoms with Crippen molar-refractivity contribution in [2.75, 3.05) is 5.75 Å². The third-order valence-electron chi connectivity index (χ3n) is 1.60. The molecule has 2 heteroatoms. The first-order valence-electron chi connectivity index (χ1n) is 4.14. The summed E-state index contributed by atoms with van der Waals surface area (Å²) in [5.41, 5.74) is 7.01. The Bertz CT molecular complexity index is 245. The van der Waals surface area contributed by atoms with Crippen molar-refractivity contribution in [2.24, 2.45) is 5.73 Å². The minimum Gasteiger partial charge on any atom is -0.327 e. The second kappa shape index (κ2) is 4.53. The van der Waals surface area contributed by atoms with Crippen molar-refractivity contribution >= 4 is 11.8 Å². The Morgan fingerprint density at radius 3 is 2.67 bits per heavy atom. The molecule has 1 nitrogen and oxygen atoms in total. The molecule has 1 atom stereocenters. The summed E-state index contributed by atoms with van der Waals surface area (Å²) in [6, 6.07) is 8.67. The van der Waals surface area contributed by atoms with Crippen LogP contribution in [0.5, 0.6) is 0 Å². The third kappa shape index (κ3) is 2.88. The number of benzene rings is 1. The summed E-state index contributed by atoms with van der Waals surface area (Å²) in [6.07, 6.45) is 0. The van der Waals surface area contributed by atoms with E-state index in [-0.39, 0.29) is 6.04 Å². The molecule has 0 fully saturated rings. The van der Waals surface area contributed by atoms with Gasteiger partial charge < -0.3 is 5.73 Å². The summed E-state index contributed by atoms with van der Waals surface area (Å²) in [7, 11) is 0. The van der Waals surface area contributed by atoms with E-state index in [0.717, 1.165) is 5.75 Å². The predicted octanol–water partition coefficient (Wildman–Crippen LogP) is 2.43. The highest BCUT2D eigenvalue weighted by Crippen LogP contribution is 2.21. The van der Waals surface area contributed by atoms with Crippen LogP contribution in [0.15, 0.2) is 29.2 Å². The van der Waals surface area contributed by atoms with Crippen LogP contribution >= 0.6 is 11.8 Å². The van der Waals surface area contributed by atoms with Crippen LogP contribution in [-0.4, -0.2) is 11.8 Å². The van der Waals surface area contributed by atoms with Gasteiger partial charge in [0.15, 0.2) is 0 Å². The smallest absolute Gasteiger partial charge is 0.0130 e. The Labute approximate surface area is 78.4 Å². The van der Waals surface area contributed by atoms with Gasteiger partial charge >= 0.3 is 0 Å². The standard InChI is InChI=1S/C10H15NS/c1-8-5-3-4-6-10(8)12-7-9(2)11/h3-6,9H,7,11H2,1-2H3/t9-/m0/s1. The number of aryl methyl sites for hydroxylation is 1. The average Bonchev–Trinajstić information content (AvgIpc) is 2.03. The molecule has 0 saturated carbocycles. The van der Waals surface area contributed by atoms with Gasteiger partial charge in [0.1, 0.15) is 0 Å². The van der Waals surface area contributed by atoms with Crippen molar-refractivity contribution < 1.29 is 0 Å². The SMILES string of the molecule is Cc1ccccc1SC[C@H](C)N. The summed E-state index contributed by atoms with van der Waals surface area (Å²) < 4.78 is 0. The lowest BCUT2D eigenvalue weighted by molar-refractivity contribution is 0.847. The Hall–Kier alpha value is -0.470. The molecule has 0 aliphatic heterocycles. The largest absolute Gasteiger partial charge is 0.327 e. The number of rotatable bonds is 3. The maximum absolute atomic E-state index is 5.67. The fourth-order valence-corrected chi connectivity index (χ4v) is 1.85. The van der Waals surface area contributed by atoms with Crippen molar-refractivity contribution in [3.63, 3.8) is 0 Å². The summed E-state index contributed by atoms with van der Waals surface area (Å²) in [5, 5.41) is 0. The highest BCUT2D eigenvalue weighted by atomic mass is 32.2. The van der Waals surface area contributed by atoms with Crippen molar-refractivity contribution in [1.29, 1.82) is 0 Å². The minimum atomic E-state index is 0.273. The van der Waals surface area contributed by atoms with Crippen LogP contribution in [0.25, 0.3) is 0 Å². The minimum absolute atomic E-state index is 0.273. The molecule has 0 aromatic heterocycles. The second-order valence-corrected chi connectivity index (χ2v) is 4.12. The maximum atomic E-state index is 5.67. The summed E-state index contributed by atoms with van der Waals surface area (Å²) in [5.74, 6) is 0.991. The van der Waals surface area contributed by atoms with Crippen molar-refractivity contribution in [3.05, 3.63) is 29.8 Å². The first kappa shape index (κ1) is 9.62. The van der Waals surface area contributed by atoms with Gasteiger partial charge in [-0.15, -0.1) is 11.8 Å². The van der Waals surface area contributed by atoms with Crippen molar-refractivity contribution in [3.8, 4) is 0 Å². The molecular weight excluding hydrogens is 166 g/mol. The van der Waals surface area contributed by atoms with Gasteiger partial charge in [-0.05, 0) is 25.5 Å². The van der Waals surface area contributed by atoms with Crippen LogP contribution in [0.2, 0.25) is 0 Å². The van der Waals surface area contributed by atoms with Gasteiger partial charge in [-0.2, -0.15) is 0 Å². The van der Waals surface area contributed by atoms with Gasteiger partial charge in [0.25, 0.3) is 0 Å². The molecular formula is C10H15NS. The van der Waals surface area contributed by atoms with Gasteiger partial charge in [0, 0.05) is 16.7 Å². The zero-order valence-electron chi connectivity index (χ0n) is 7.58. The maximum Gasteiger partial charge on any atom is 0.0130 e. The Morgan fingerprint density at radius 1 is 1.42 bits per heavy atom. The van der Waals surface area contributed by atoms with E-state index in [1.165, 1.54) is 10.5 Å². The molecule has 0 radical (unpaired) electrons. The van der Waals surface area contributed by atoms with Crippen LogP contribution in [0.3, 0.4) is 0 Å². The molecule has 0 heterocycles. The molecule has 12 heavy (non-hydrogen) atoms. The molecule has 0 bridgehead atoms. The van der Waals surface area contributed by atoms with Crippen LogP contribution < -0.4 is 5.73 Å². The van der Waals surface area contributed by atoms with Crippen LogP contribution in [-0.2, 0) is 0 Å². The molecule has 0 amide bonds. The molecule has 66 valence electrons. The quantitative estimate of drug-likeness (QED) is 0.725. The topological polar surface area (TPSA) is 26.0 Å². The van der Waals surface area contributed by atoms with Crippen LogP contribution in [0.1, 0.15) is 12.5 Å². The predicted molar refractivity (Wildman–Crippen MR) is 55.6 cm³/mol. The Morgan fingerprint density at radius 2 is 2.08 bits per heavy atom. The van der Waals surface area contributed by atoms with E-state index in [1.54, 1.807) is 0 Å². The van der Waals surface area contributed by atoms with E-state index in [9.17, 15) is 0 Å². The van der Waals surface area contributed by atoms with E-state index < -0.39 is 0 Å². The first-order valence-corrected chi connectivity index (χ1v) is 5.12. The van der Waals surface area contributed by atoms with Gasteiger partial charge in [-0.1, -0.05) is 18.2 Å². The lowest BCUT2D eigenvalue weighted by Crippen LogP contribution is -2.17. The van der Waals surface area contributed by atoms with Crippen molar-refractivity contribution in [2.45, 2.75) is 24.8 Å². The fourth-order valence-electron chi connectivity index (χ4n) is 0.940. The van der Waals surface area contributed by atoms with E-state index in [1.807, 2.05) is 18.7 Å². The number of nitrogens with two attached hydrogens (primary N) is 1. The van der Waals surface area contributed by atoms with E-state index in [4.69, 9.17) is 5.73 Å². The summed E-state index contributed by atoms with van der Waals surface area (Å²) in [6.45, 7) is 4.16. The van der Waals surface area contributed by atoms with Crippen LogP contribution in [0, 0.1) is 6.92 Å². The molecule has 0 aliphatic carbocycles. The molecule has 2 N–H and O–H groups in total. The van der Waals surface area contributed by atoms with Crippen LogP contribution in [0.4, 0.5) is 0 Å². The zero-order chi connectivity index (χ0) is 8.97. The molecule has 1 aromatic rings. The molecule has 0 unspecified atom stereocenters. The van der Waals surface area contributed by atoms with E-state index in [0.29, 0.717) is 0 Å². The summed E-state index contributed by atoms with van der Waals surface area (Å²) >= 11 is 1.83. The lowest BCUT2D eigenvalue weighted by atomic mass is 10.2. The number of hydrogen-bond donors (Lipinski definition) is 1. The zero-order valence-corrected chi connectivity index (χ0v) is 8.40. The van der Waals surface area contributed by atoms with Gasteiger partial charge in [0.05, 0.1) is 0 Å². The number of thioether (sulfide) groups is 1. The first-order chi connectivity index (χ1) is 5.70.